The van der Waals surface area contributed by atoms with Crippen LogP contribution in [0.4, 0.5) is 0 Å². The Morgan fingerprint density at radius 1 is 1.36 bits per heavy atom. The van der Waals surface area contributed by atoms with E-state index >= 15 is 0 Å². The number of ether oxygens (including phenoxy) is 1. The van der Waals surface area contributed by atoms with E-state index in [1.165, 1.54) is 4.90 Å². The van der Waals surface area contributed by atoms with Gasteiger partial charge in [-0.3, -0.25) is 0 Å². The van der Waals surface area contributed by atoms with Gasteiger partial charge in [-0.05, 0) is 30.5 Å². The lowest BCUT2D eigenvalue weighted by molar-refractivity contribution is 0.272. The molecular formula is C11H15ClOS. The zero-order valence-electron chi connectivity index (χ0n) is 8.50. The van der Waals surface area contributed by atoms with Crippen LogP contribution in [-0.4, -0.2) is 18.7 Å². The third-order valence-electron chi connectivity index (χ3n) is 1.86. The van der Waals surface area contributed by atoms with E-state index in [9.17, 15) is 0 Å². The molecule has 1 aromatic carbocycles. The number of rotatable bonds is 5. The Morgan fingerprint density at radius 2 is 2.00 bits per heavy atom. The van der Waals surface area contributed by atoms with Crippen molar-refractivity contribution in [1.29, 1.82) is 0 Å². The zero-order chi connectivity index (χ0) is 10.4. The van der Waals surface area contributed by atoms with Gasteiger partial charge in [-0.25, -0.2) is 0 Å². The lowest BCUT2D eigenvalue weighted by Crippen LogP contribution is -2.09. The first-order valence-corrected chi connectivity index (χ1v) is 6.35. The Morgan fingerprint density at radius 3 is 2.50 bits per heavy atom. The van der Waals surface area contributed by atoms with E-state index < -0.39 is 0 Å². The van der Waals surface area contributed by atoms with Gasteiger partial charge in [0.2, 0.25) is 0 Å². The number of alkyl halides is 1. The Kier molecular flexibility index (Phi) is 5.20. The molecule has 0 bridgehead atoms. The van der Waals surface area contributed by atoms with Crippen molar-refractivity contribution in [2.24, 2.45) is 5.92 Å². The van der Waals surface area contributed by atoms with Gasteiger partial charge in [-0.2, -0.15) is 0 Å². The third kappa shape index (κ3) is 3.81. The molecule has 0 aliphatic heterocycles. The maximum absolute atomic E-state index is 5.68. The van der Waals surface area contributed by atoms with E-state index in [4.69, 9.17) is 16.3 Å². The lowest BCUT2D eigenvalue weighted by atomic mass is 10.2. The van der Waals surface area contributed by atoms with Crippen LogP contribution in [0.1, 0.15) is 6.92 Å². The summed E-state index contributed by atoms with van der Waals surface area (Å²) in [6.07, 6.45) is 2.06. The minimum atomic E-state index is 0.400. The fourth-order valence-corrected chi connectivity index (χ4v) is 1.45. The molecule has 1 rings (SSSR count). The van der Waals surface area contributed by atoms with Gasteiger partial charge in [0.25, 0.3) is 0 Å². The molecule has 0 saturated carbocycles. The van der Waals surface area contributed by atoms with Gasteiger partial charge in [-0.15, -0.1) is 23.4 Å². The standard InChI is InChI=1S/C11H15ClOS/c1-9(7-12)8-13-10-3-5-11(14-2)6-4-10/h3-6,9H,7-8H2,1-2H3. The molecule has 0 heterocycles. The third-order valence-corrected chi connectivity index (χ3v) is 3.13. The van der Waals surface area contributed by atoms with E-state index in [1.54, 1.807) is 11.8 Å². The molecule has 1 aromatic rings. The Balaban J connectivity index is 2.43. The first kappa shape index (κ1) is 11.7. The molecular weight excluding hydrogens is 216 g/mol. The maximum Gasteiger partial charge on any atom is 0.119 e. The van der Waals surface area contributed by atoms with Crippen molar-refractivity contribution in [2.45, 2.75) is 11.8 Å². The van der Waals surface area contributed by atoms with Crippen molar-refractivity contribution in [3.8, 4) is 5.75 Å². The van der Waals surface area contributed by atoms with Crippen LogP contribution >= 0.6 is 23.4 Å². The normalized spacial score (nSPS) is 12.5. The second kappa shape index (κ2) is 6.20. The fraction of sp³-hybridized carbons (Fsp3) is 0.455. The van der Waals surface area contributed by atoms with Crippen LogP contribution in [0.3, 0.4) is 0 Å². The lowest BCUT2D eigenvalue weighted by Gasteiger charge is -2.10. The average Bonchev–Trinajstić information content (AvgIpc) is 2.26. The summed E-state index contributed by atoms with van der Waals surface area (Å²) in [6, 6.07) is 8.11. The molecule has 1 unspecified atom stereocenters. The van der Waals surface area contributed by atoms with Gasteiger partial charge < -0.3 is 4.74 Å². The topological polar surface area (TPSA) is 9.23 Å². The minimum Gasteiger partial charge on any atom is -0.493 e. The highest BCUT2D eigenvalue weighted by Gasteiger charge is 2.00. The number of hydrogen-bond donors (Lipinski definition) is 0. The summed E-state index contributed by atoms with van der Waals surface area (Å²) in [4.78, 5) is 1.25. The first-order chi connectivity index (χ1) is 6.76. The smallest absolute Gasteiger partial charge is 0.119 e. The van der Waals surface area contributed by atoms with Gasteiger partial charge in [0.1, 0.15) is 5.75 Å². The van der Waals surface area contributed by atoms with Crippen molar-refractivity contribution >= 4 is 23.4 Å². The molecule has 0 amide bonds. The molecule has 0 aliphatic carbocycles. The molecule has 1 nitrogen and oxygen atoms in total. The van der Waals surface area contributed by atoms with Crippen molar-refractivity contribution in [3.63, 3.8) is 0 Å². The molecule has 0 N–H and O–H groups in total. The van der Waals surface area contributed by atoms with Crippen molar-refractivity contribution in [3.05, 3.63) is 24.3 Å². The highest BCUT2D eigenvalue weighted by Crippen LogP contribution is 2.19. The molecule has 0 aromatic heterocycles. The molecule has 0 spiro atoms. The SMILES string of the molecule is CSc1ccc(OCC(C)CCl)cc1. The number of thioether (sulfide) groups is 1. The van der Waals surface area contributed by atoms with Gasteiger partial charge >= 0.3 is 0 Å². The highest BCUT2D eigenvalue weighted by molar-refractivity contribution is 7.98. The zero-order valence-corrected chi connectivity index (χ0v) is 10.1. The van der Waals surface area contributed by atoms with Crippen LogP contribution < -0.4 is 4.74 Å². The van der Waals surface area contributed by atoms with Gasteiger partial charge in [-0.1, -0.05) is 6.92 Å². The van der Waals surface area contributed by atoms with Gasteiger partial charge in [0.15, 0.2) is 0 Å². The van der Waals surface area contributed by atoms with Crippen LogP contribution in [0.15, 0.2) is 29.2 Å². The van der Waals surface area contributed by atoms with Gasteiger partial charge in [0, 0.05) is 16.7 Å². The quantitative estimate of drug-likeness (QED) is 0.564. The summed E-state index contributed by atoms with van der Waals surface area (Å²) in [7, 11) is 0. The van der Waals surface area contributed by atoms with Crippen LogP contribution in [0.2, 0.25) is 0 Å². The molecule has 3 heteroatoms. The monoisotopic (exact) mass is 230 g/mol. The summed E-state index contributed by atoms with van der Waals surface area (Å²) < 4.78 is 5.56. The van der Waals surface area contributed by atoms with Crippen molar-refractivity contribution < 1.29 is 4.74 Å². The summed E-state index contributed by atoms with van der Waals surface area (Å²) in [5, 5.41) is 0. The van der Waals surface area contributed by atoms with Gasteiger partial charge in [0.05, 0.1) is 6.61 Å². The minimum absolute atomic E-state index is 0.400. The molecule has 0 radical (unpaired) electrons. The van der Waals surface area contributed by atoms with Crippen molar-refractivity contribution in [2.75, 3.05) is 18.7 Å². The van der Waals surface area contributed by atoms with E-state index in [1.807, 2.05) is 12.1 Å². The maximum atomic E-state index is 5.68. The molecule has 0 saturated heterocycles. The number of benzene rings is 1. The fourth-order valence-electron chi connectivity index (χ4n) is 0.955. The van der Waals surface area contributed by atoms with E-state index in [0.29, 0.717) is 18.4 Å². The Bertz CT molecular complexity index is 260. The van der Waals surface area contributed by atoms with E-state index in [0.717, 1.165) is 5.75 Å². The summed E-state index contributed by atoms with van der Waals surface area (Å²) >= 11 is 7.41. The van der Waals surface area contributed by atoms with Crippen LogP contribution in [0, 0.1) is 5.92 Å². The average molecular weight is 231 g/mol. The summed E-state index contributed by atoms with van der Waals surface area (Å²) in [5.74, 6) is 1.96. The Labute approximate surface area is 94.8 Å². The van der Waals surface area contributed by atoms with Crippen LogP contribution in [0.5, 0.6) is 5.75 Å². The molecule has 0 fully saturated rings. The second-order valence-corrected chi connectivity index (χ2v) is 4.43. The first-order valence-electron chi connectivity index (χ1n) is 4.59. The number of halogens is 1. The van der Waals surface area contributed by atoms with Crippen LogP contribution in [-0.2, 0) is 0 Å². The predicted octanol–water partition coefficient (Wildman–Crippen LogP) is 3.66. The molecule has 1 atom stereocenters. The van der Waals surface area contributed by atoms with E-state index in [2.05, 4.69) is 25.3 Å². The number of hydrogen-bond acceptors (Lipinski definition) is 2. The highest BCUT2D eigenvalue weighted by atomic mass is 35.5. The molecule has 14 heavy (non-hydrogen) atoms. The molecule has 78 valence electrons. The largest absolute Gasteiger partial charge is 0.493 e. The summed E-state index contributed by atoms with van der Waals surface area (Å²) in [5.41, 5.74) is 0. The van der Waals surface area contributed by atoms with Crippen LogP contribution in [0.25, 0.3) is 0 Å². The second-order valence-electron chi connectivity index (χ2n) is 3.25. The summed E-state index contributed by atoms with van der Waals surface area (Å²) in [6.45, 7) is 2.76. The predicted molar refractivity (Wildman–Crippen MR) is 63.6 cm³/mol. The Hall–Kier alpha value is -0.340. The molecule has 0 aliphatic rings. The van der Waals surface area contributed by atoms with E-state index in [-0.39, 0.29) is 0 Å². The van der Waals surface area contributed by atoms with Crippen molar-refractivity contribution in [1.82, 2.24) is 0 Å².